The number of rotatable bonds is 4. The van der Waals surface area contributed by atoms with Crippen molar-refractivity contribution in [2.75, 3.05) is 5.32 Å². The molecule has 0 aliphatic rings. The summed E-state index contributed by atoms with van der Waals surface area (Å²) in [6.45, 7) is 6.57. The Morgan fingerprint density at radius 1 is 1.04 bits per heavy atom. The fourth-order valence-corrected chi connectivity index (χ4v) is 4.48. The van der Waals surface area contributed by atoms with Gasteiger partial charge in [0.2, 0.25) is 0 Å². The minimum atomic E-state index is -0.264. The van der Waals surface area contributed by atoms with E-state index in [9.17, 15) is 9.18 Å². The maximum absolute atomic E-state index is 13.3. The lowest BCUT2D eigenvalue weighted by Crippen LogP contribution is -2.18. The zero-order valence-corrected chi connectivity index (χ0v) is 16.9. The zero-order valence-electron chi connectivity index (χ0n) is 16.0. The van der Waals surface area contributed by atoms with Crippen LogP contribution in [0.3, 0.4) is 0 Å². The number of thiophene rings is 1. The van der Waals surface area contributed by atoms with E-state index < -0.39 is 0 Å². The Morgan fingerprint density at radius 3 is 2.39 bits per heavy atom. The van der Waals surface area contributed by atoms with Crippen molar-refractivity contribution in [3.05, 3.63) is 87.7 Å². The molecule has 0 atom stereocenters. The second kappa shape index (κ2) is 7.24. The summed E-state index contributed by atoms with van der Waals surface area (Å²) in [6.07, 6.45) is 0. The molecule has 4 rings (SSSR count). The fraction of sp³-hybridized carbons (Fsp3) is 0.174. The Bertz CT molecular complexity index is 1150. The summed E-state index contributed by atoms with van der Waals surface area (Å²) < 4.78 is 16.3. The van der Waals surface area contributed by atoms with Gasteiger partial charge in [0.1, 0.15) is 11.5 Å². The van der Waals surface area contributed by atoms with Crippen molar-refractivity contribution < 1.29 is 9.18 Å². The van der Waals surface area contributed by atoms with Crippen LogP contribution in [-0.2, 0) is 6.54 Å². The fourth-order valence-electron chi connectivity index (χ4n) is 3.66. The molecule has 5 heteroatoms. The maximum Gasteiger partial charge on any atom is 0.272 e. The molecule has 0 saturated carbocycles. The number of aromatic nitrogens is 1. The number of nitrogens with one attached hydrogen (secondary N) is 1. The number of anilines is 1. The molecule has 28 heavy (non-hydrogen) atoms. The zero-order chi connectivity index (χ0) is 19.8. The van der Waals surface area contributed by atoms with Crippen LogP contribution < -0.4 is 5.32 Å². The van der Waals surface area contributed by atoms with E-state index >= 15 is 0 Å². The first-order valence-electron chi connectivity index (χ1n) is 9.13. The van der Waals surface area contributed by atoms with E-state index in [-0.39, 0.29) is 11.7 Å². The molecule has 0 fully saturated rings. The van der Waals surface area contributed by atoms with Gasteiger partial charge in [0.25, 0.3) is 5.91 Å². The Kier molecular flexibility index (Phi) is 4.77. The van der Waals surface area contributed by atoms with Crippen molar-refractivity contribution in [2.45, 2.75) is 27.3 Å². The number of fused-ring (bicyclic) bond motifs is 1. The van der Waals surface area contributed by atoms with E-state index in [1.807, 2.05) is 42.9 Å². The minimum Gasteiger partial charge on any atom is -0.331 e. The average molecular weight is 392 g/mol. The lowest BCUT2D eigenvalue weighted by atomic mass is 10.0. The highest BCUT2D eigenvalue weighted by atomic mass is 32.1. The third-order valence-corrected chi connectivity index (χ3v) is 5.78. The molecule has 1 amide bonds. The molecule has 0 saturated heterocycles. The van der Waals surface area contributed by atoms with Gasteiger partial charge >= 0.3 is 0 Å². The second-order valence-electron chi connectivity index (χ2n) is 7.14. The summed E-state index contributed by atoms with van der Waals surface area (Å²) in [4.78, 5) is 13.1. The van der Waals surface area contributed by atoms with Crippen LogP contribution in [0.5, 0.6) is 0 Å². The van der Waals surface area contributed by atoms with E-state index in [0.717, 1.165) is 32.6 Å². The van der Waals surface area contributed by atoms with Gasteiger partial charge in [0, 0.05) is 12.2 Å². The monoisotopic (exact) mass is 392 g/mol. The van der Waals surface area contributed by atoms with Crippen molar-refractivity contribution in [3.8, 4) is 0 Å². The molecule has 0 unspecified atom stereocenters. The van der Waals surface area contributed by atoms with E-state index in [1.54, 1.807) is 23.5 Å². The number of hydrogen-bond acceptors (Lipinski definition) is 2. The number of carbonyl (C=O) groups excluding carboxylic acids is 1. The van der Waals surface area contributed by atoms with E-state index in [1.165, 1.54) is 17.7 Å². The second-order valence-corrected chi connectivity index (χ2v) is 8.09. The van der Waals surface area contributed by atoms with Gasteiger partial charge in [-0.15, -0.1) is 11.3 Å². The summed E-state index contributed by atoms with van der Waals surface area (Å²) in [6, 6.07) is 14.5. The molecular formula is C23H21FN2OS. The van der Waals surface area contributed by atoms with Crippen molar-refractivity contribution in [1.29, 1.82) is 0 Å². The van der Waals surface area contributed by atoms with Gasteiger partial charge in [0.15, 0.2) is 0 Å². The topological polar surface area (TPSA) is 34.0 Å². The number of hydrogen-bond donors (Lipinski definition) is 1. The lowest BCUT2D eigenvalue weighted by molar-refractivity contribution is 0.101. The molecule has 0 bridgehead atoms. The van der Waals surface area contributed by atoms with Crippen LogP contribution in [0.15, 0.2) is 53.9 Å². The van der Waals surface area contributed by atoms with Crippen LogP contribution >= 0.6 is 11.3 Å². The Labute approximate surface area is 167 Å². The van der Waals surface area contributed by atoms with Gasteiger partial charge < -0.3 is 9.88 Å². The number of benzene rings is 2. The highest BCUT2D eigenvalue weighted by Crippen LogP contribution is 2.28. The van der Waals surface area contributed by atoms with Crippen LogP contribution in [0.1, 0.15) is 32.7 Å². The largest absolute Gasteiger partial charge is 0.331 e. The number of carbonyl (C=O) groups is 1. The molecule has 2 heterocycles. The Balaban J connectivity index is 1.71. The maximum atomic E-state index is 13.3. The standard InChI is InChI=1S/C23H21FN2OS/c1-14-10-15(2)22(16(3)11-14)25-23(27)20-12-21-19(8-9-28-21)26(20)13-17-4-6-18(24)7-5-17/h4-12H,13H2,1-3H3,(H,25,27). The van der Waals surface area contributed by atoms with Gasteiger partial charge in [-0.2, -0.15) is 0 Å². The van der Waals surface area contributed by atoms with Crippen LogP contribution in [0.2, 0.25) is 0 Å². The van der Waals surface area contributed by atoms with Gasteiger partial charge in [-0.3, -0.25) is 4.79 Å². The first-order chi connectivity index (χ1) is 13.4. The normalized spacial score (nSPS) is 11.1. The molecule has 0 aliphatic heterocycles. The first-order valence-corrected chi connectivity index (χ1v) is 10.0. The third kappa shape index (κ3) is 3.45. The average Bonchev–Trinajstić information content (AvgIpc) is 3.22. The summed E-state index contributed by atoms with van der Waals surface area (Å²) >= 11 is 1.61. The van der Waals surface area contributed by atoms with Crippen molar-refractivity contribution in [3.63, 3.8) is 0 Å². The molecule has 2 aromatic heterocycles. The SMILES string of the molecule is Cc1cc(C)c(NC(=O)c2cc3sccc3n2Cc2ccc(F)cc2)c(C)c1. The molecular weight excluding hydrogens is 371 g/mol. The molecule has 4 aromatic rings. The molecule has 2 aromatic carbocycles. The lowest BCUT2D eigenvalue weighted by Gasteiger charge is -2.15. The van der Waals surface area contributed by atoms with Crippen molar-refractivity contribution >= 4 is 33.1 Å². The summed E-state index contributed by atoms with van der Waals surface area (Å²) in [5.41, 5.74) is 6.68. The molecule has 0 radical (unpaired) electrons. The van der Waals surface area contributed by atoms with Gasteiger partial charge in [0.05, 0.1) is 10.2 Å². The number of aryl methyl sites for hydroxylation is 3. The van der Waals surface area contributed by atoms with Gasteiger partial charge in [-0.1, -0.05) is 29.8 Å². The molecule has 142 valence electrons. The van der Waals surface area contributed by atoms with Crippen molar-refractivity contribution in [1.82, 2.24) is 4.57 Å². The van der Waals surface area contributed by atoms with E-state index in [4.69, 9.17) is 0 Å². The van der Waals surface area contributed by atoms with E-state index in [0.29, 0.717) is 12.2 Å². The molecule has 0 spiro atoms. The van der Waals surface area contributed by atoms with Gasteiger partial charge in [-0.25, -0.2) is 4.39 Å². The Hall–Kier alpha value is -2.92. The quantitative estimate of drug-likeness (QED) is 0.449. The van der Waals surface area contributed by atoms with Crippen LogP contribution in [0.25, 0.3) is 10.2 Å². The van der Waals surface area contributed by atoms with Crippen molar-refractivity contribution in [2.24, 2.45) is 0 Å². The van der Waals surface area contributed by atoms with Crippen LogP contribution in [-0.4, -0.2) is 10.5 Å². The number of amides is 1. The summed E-state index contributed by atoms with van der Waals surface area (Å²) in [5, 5.41) is 5.11. The predicted octanol–water partition coefficient (Wildman–Crippen LogP) is 6.07. The number of nitrogens with zero attached hydrogens (tertiary/aromatic N) is 1. The summed E-state index contributed by atoms with van der Waals surface area (Å²) in [5.74, 6) is -0.402. The first kappa shape index (κ1) is 18.4. The molecule has 3 nitrogen and oxygen atoms in total. The third-order valence-electron chi connectivity index (χ3n) is 4.92. The molecule has 1 N–H and O–H groups in total. The highest BCUT2D eigenvalue weighted by Gasteiger charge is 2.18. The highest BCUT2D eigenvalue weighted by molar-refractivity contribution is 7.17. The number of halogens is 1. The smallest absolute Gasteiger partial charge is 0.272 e. The Morgan fingerprint density at radius 2 is 1.71 bits per heavy atom. The summed E-state index contributed by atoms with van der Waals surface area (Å²) in [7, 11) is 0. The minimum absolute atomic E-state index is 0.138. The van der Waals surface area contributed by atoms with Crippen LogP contribution in [0.4, 0.5) is 10.1 Å². The van der Waals surface area contributed by atoms with E-state index in [2.05, 4.69) is 17.4 Å². The van der Waals surface area contributed by atoms with Crippen LogP contribution in [0, 0.1) is 26.6 Å². The predicted molar refractivity (Wildman–Crippen MR) is 114 cm³/mol. The molecule has 0 aliphatic carbocycles. The van der Waals surface area contributed by atoms with Gasteiger partial charge in [-0.05, 0) is 67.1 Å².